The molecule has 2 aromatic heterocycles. The normalized spacial score (nSPS) is 11.6. The Morgan fingerprint density at radius 1 is 1.08 bits per heavy atom. The van der Waals surface area contributed by atoms with Gasteiger partial charge in [-0.25, -0.2) is 9.97 Å². The van der Waals surface area contributed by atoms with Crippen molar-refractivity contribution >= 4 is 5.91 Å². The van der Waals surface area contributed by atoms with Gasteiger partial charge in [0.15, 0.2) is 5.82 Å². The van der Waals surface area contributed by atoms with Crippen LogP contribution >= 0.6 is 0 Å². The molecule has 7 nitrogen and oxygen atoms in total. The summed E-state index contributed by atoms with van der Waals surface area (Å²) in [6.45, 7) is 0.150. The lowest BCUT2D eigenvalue weighted by atomic mass is 10.2. The predicted octanol–water partition coefficient (Wildman–Crippen LogP) is 1.71. The van der Waals surface area contributed by atoms with Crippen molar-refractivity contribution in [2.45, 2.75) is 6.10 Å². The third kappa shape index (κ3) is 4.84. The van der Waals surface area contributed by atoms with Crippen molar-refractivity contribution in [2.75, 3.05) is 13.2 Å². The zero-order valence-electron chi connectivity index (χ0n) is 13.9. The van der Waals surface area contributed by atoms with Crippen molar-refractivity contribution in [3.63, 3.8) is 0 Å². The first-order valence-corrected chi connectivity index (χ1v) is 8.09. The highest BCUT2D eigenvalue weighted by atomic mass is 16.5. The molecule has 0 bridgehead atoms. The molecule has 3 aromatic rings. The highest BCUT2D eigenvalue weighted by Crippen LogP contribution is 2.12. The Hall–Kier alpha value is -3.32. The second-order valence-corrected chi connectivity index (χ2v) is 5.52. The Balaban J connectivity index is 1.48. The molecule has 2 heterocycles. The summed E-state index contributed by atoms with van der Waals surface area (Å²) in [5.41, 5.74) is 1.08. The maximum atomic E-state index is 12.1. The average molecular weight is 350 g/mol. The third-order valence-electron chi connectivity index (χ3n) is 3.52. The van der Waals surface area contributed by atoms with Crippen LogP contribution in [-0.4, -0.2) is 45.2 Å². The number of nitrogens with one attached hydrogen (secondary N) is 1. The molecule has 132 valence electrons. The lowest BCUT2D eigenvalue weighted by Crippen LogP contribution is -2.35. The Labute approximate surface area is 150 Å². The minimum atomic E-state index is -0.824. The minimum Gasteiger partial charge on any atom is -0.491 e. The summed E-state index contributed by atoms with van der Waals surface area (Å²) < 4.78 is 5.44. The molecule has 0 spiro atoms. The summed E-state index contributed by atoms with van der Waals surface area (Å²) >= 11 is 0. The number of aliphatic hydroxyl groups is 1. The molecule has 3 rings (SSSR count). The van der Waals surface area contributed by atoms with Gasteiger partial charge in [0.1, 0.15) is 18.5 Å². The van der Waals surface area contributed by atoms with Gasteiger partial charge in [-0.2, -0.15) is 0 Å². The molecule has 0 aliphatic carbocycles. The molecule has 2 N–H and O–H groups in total. The van der Waals surface area contributed by atoms with Gasteiger partial charge in [0.25, 0.3) is 5.91 Å². The quantitative estimate of drug-likeness (QED) is 0.673. The molecule has 0 radical (unpaired) electrons. The van der Waals surface area contributed by atoms with Gasteiger partial charge in [0, 0.05) is 36.9 Å². The van der Waals surface area contributed by atoms with Crippen LogP contribution in [-0.2, 0) is 0 Å². The number of pyridine rings is 1. The van der Waals surface area contributed by atoms with Crippen LogP contribution in [0.5, 0.6) is 5.75 Å². The van der Waals surface area contributed by atoms with Crippen LogP contribution in [0.15, 0.2) is 67.3 Å². The average Bonchev–Trinajstić information content (AvgIpc) is 2.72. The molecule has 1 atom stereocenters. The van der Waals surface area contributed by atoms with E-state index in [2.05, 4.69) is 20.3 Å². The van der Waals surface area contributed by atoms with E-state index in [-0.39, 0.29) is 19.1 Å². The fourth-order valence-corrected chi connectivity index (χ4v) is 2.17. The summed E-state index contributed by atoms with van der Waals surface area (Å²) in [5.74, 6) is 0.796. The fraction of sp³-hybridized carbons (Fsp3) is 0.158. The van der Waals surface area contributed by atoms with Crippen molar-refractivity contribution in [1.82, 2.24) is 20.3 Å². The lowest BCUT2D eigenvalue weighted by molar-refractivity contribution is 0.0843. The fourth-order valence-electron chi connectivity index (χ4n) is 2.17. The van der Waals surface area contributed by atoms with Gasteiger partial charge in [-0.1, -0.05) is 18.2 Å². The number of aliphatic hydroxyl groups excluding tert-OH is 1. The van der Waals surface area contributed by atoms with Crippen molar-refractivity contribution in [3.8, 4) is 17.1 Å². The minimum absolute atomic E-state index is 0.0655. The second-order valence-electron chi connectivity index (χ2n) is 5.52. The standard InChI is InChI=1S/C19H18N4O3/c24-16(13-26-17-6-2-1-3-7-17)12-23-19(25)15-10-21-18(22-11-15)14-5-4-8-20-9-14/h1-11,16,24H,12-13H2,(H,23,25). The molecule has 0 aliphatic heterocycles. The van der Waals surface area contributed by atoms with Gasteiger partial charge < -0.3 is 15.2 Å². The highest BCUT2D eigenvalue weighted by Gasteiger charge is 2.11. The van der Waals surface area contributed by atoms with E-state index in [1.807, 2.05) is 24.3 Å². The lowest BCUT2D eigenvalue weighted by Gasteiger charge is -2.13. The molecule has 1 amide bonds. The topological polar surface area (TPSA) is 97.2 Å². The zero-order chi connectivity index (χ0) is 18.2. The van der Waals surface area contributed by atoms with Crippen LogP contribution in [0.3, 0.4) is 0 Å². The first kappa shape index (κ1) is 17.5. The molecule has 0 saturated carbocycles. The Bertz CT molecular complexity index is 826. The monoisotopic (exact) mass is 350 g/mol. The number of hydrogen-bond acceptors (Lipinski definition) is 6. The SMILES string of the molecule is O=C(NCC(O)COc1ccccc1)c1cnc(-c2cccnc2)nc1. The van der Waals surface area contributed by atoms with Gasteiger partial charge in [-0.3, -0.25) is 9.78 Å². The van der Waals surface area contributed by atoms with Gasteiger partial charge in [0.05, 0.1) is 5.56 Å². The molecule has 26 heavy (non-hydrogen) atoms. The number of ether oxygens (including phenoxy) is 1. The van der Waals surface area contributed by atoms with E-state index in [1.54, 1.807) is 30.6 Å². The molecule has 0 saturated heterocycles. The van der Waals surface area contributed by atoms with Crippen molar-refractivity contribution < 1.29 is 14.6 Å². The number of amides is 1. The Morgan fingerprint density at radius 2 is 1.85 bits per heavy atom. The maximum Gasteiger partial charge on any atom is 0.254 e. The van der Waals surface area contributed by atoms with Crippen molar-refractivity contribution in [1.29, 1.82) is 0 Å². The number of benzene rings is 1. The molecular formula is C19H18N4O3. The molecular weight excluding hydrogens is 332 g/mol. The van der Waals surface area contributed by atoms with Gasteiger partial charge in [0.2, 0.25) is 0 Å². The van der Waals surface area contributed by atoms with Gasteiger partial charge in [-0.05, 0) is 24.3 Å². The van der Waals surface area contributed by atoms with Crippen LogP contribution in [0.2, 0.25) is 0 Å². The molecule has 7 heteroatoms. The van der Waals surface area contributed by atoms with Crippen LogP contribution in [0.1, 0.15) is 10.4 Å². The van der Waals surface area contributed by atoms with Crippen LogP contribution < -0.4 is 10.1 Å². The second kappa shape index (κ2) is 8.68. The number of para-hydroxylation sites is 1. The predicted molar refractivity (Wildman–Crippen MR) is 95.5 cm³/mol. The van der Waals surface area contributed by atoms with Crippen molar-refractivity contribution in [2.24, 2.45) is 0 Å². The molecule has 0 fully saturated rings. The number of aromatic nitrogens is 3. The Morgan fingerprint density at radius 3 is 2.54 bits per heavy atom. The van der Waals surface area contributed by atoms with E-state index < -0.39 is 6.10 Å². The van der Waals surface area contributed by atoms with E-state index in [1.165, 1.54) is 12.4 Å². The smallest absolute Gasteiger partial charge is 0.254 e. The zero-order valence-corrected chi connectivity index (χ0v) is 13.9. The van der Waals surface area contributed by atoms with E-state index in [4.69, 9.17) is 4.74 Å². The van der Waals surface area contributed by atoms with Gasteiger partial charge >= 0.3 is 0 Å². The molecule has 0 aliphatic rings. The van der Waals surface area contributed by atoms with E-state index in [0.29, 0.717) is 17.1 Å². The Kier molecular flexibility index (Phi) is 5.84. The number of rotatable bonds is 7. The number of nitrogens with zero attached hydrogens (tertiary/aromatic N) is 3. The molecule has 1 aromatic carbocycles. The summed E-state index contributed by atoms with van der Waals surface area (Å²) in [5, 5.41) is 12.6. The van der Waals surface area contributed by atoms with E-state index in [0.717, 1.165) is 5.56 Å². The van der Waals surface area contributed by atoms with Crippen LogP contribution in [0.25, 0.3) is 11.4 Å². The molecule has 1 unspecified atom stereocenters. The maximum absolute atomic E-state index is 12.1. The first-order valence-electron chi connectivity index (χ1n) is 8.09. The number of hydrogen-bond donors (Lipinski definition) is 2. The summed E-state index contributed by atoms with van der Waals surface area (Å²) in [6, 6.07) is 12.8. The summed E-state index contributed by atoms with van der Waals surface area (Å²) in [4.78, 5) is 24.5. The van der Waals surface area contributed by atoms with E-state index in [9.17, 15) is 9.90 Å². The van der Waals surface area contributed by atoms with Crippen molar-refractivity contribution in [3.05, 3.63) is 72.8 Å². The van der Waals surface area contributed by atoms with Gasteiger partial charge in [-0.15, -0.1) is 0 Å². The number of carbonyl (C=O) groups is 1. The van der Waals surface area contributed by atoms with E-state index >= 15 is 0 Å². The van der Waals surface area contributed by atoms with Crippen LogP contribution in [0.4, 0.5) is 0 Å². The third-order valence-corrected chi connectivity index (χ3v) is 3.52. The highest BCUT2D eigenvalue weighted by molar-refractivity contribution is 5.93. The first-order chi connectivity index (χ1) is 12.7. The van der Waals surface area contributed by atoms with Crippen LogP contribution in [0, 0.1) is 0 Å². The number of carbonyl (C=O) groups excluding carboxylic acids is 1. The summed E-state index contributed by atoms with van der Waals surface area (Å²) in [6.07, 6.45) is 5.38. The largest absolute Gasteiger partial charge is 0.491 e. The summed E-state index contributed by atoms with van der Waals surface area (Å²) in [7, 11) is 0.